The van der Waals surface area contributed by atoms with Crippen LogP contribution in [-0.4, -0.2) is 52.5 Å². The molecule has 4 N–H and O–H groups in total. The summed E-state index contributed by atoms with van der Waals surface area (Å²) < 4.78 is 91.5. The van der Waals surface area contributed by atoms with Crippen LogP contribution in [0.5, 0.6) is 0 Å². The van der Waals surface area contributed by atoms with Gasteiger partial charge >= 0.3 is 6.18 Å². The first-order chi connectivity index (χ1) is 16.5. The van der Waals surface area contributed by atoms with E-state index in [4.69, 9.17) is 5.73 Å². The Hall–Kier alpha value is -3.32. The molecule has 0 aliphatic heterocycles. The molecule has 1 aliphatic carbocycles. The van der Waals surface area contributed by atoms with Gasteiger partial charge in [-0.05, 0) is 37.8 Å². The molecule has 2 heterocycles. The first kappa shape index (κ1) is 26.3. The average Bonchev–Trinajstić information content (AvgIpc) is 3.23. The second kappa shape index (κ2) is 11.0. The number of hydrogen-bond acceptors (Lipinski definition) is 5. The van der Waals surface area contributed by atoms with Crippen LogP contribution in [-0.2, 0) is 11.0 Å². The van der Waals surface area contributed by atoms with Gasteiger partial charge in [-0.3, -0.25) is 14.2 Å². The lowest BCUT2D eigenvalue weighted by atomic mass is 9.91. The zero-order chi connectivity index (χ0) is 25.8. The molecular formula is C21H23F7N6O. The van der Waals surface area contributed by atoms with E-state index in [2.05, 4.69) is 20.6 Å². The third kappa shape index (κ3) is 6.63. The zero-order valence-corrected chi connectivity index (χ0v) is 18.2. The van der Waals surface area contributed by atoms with Crippen LogP contribution in [0.1, 0.15) is 31.4 Å². The van der Waals surface area contributed by atoms with Crippen LogP contribution in [0.2, 0.25) is 0 Å². The number of carbonyl (C=O) groups is 1. The molecule has 0 atom stereocenters. The van der Waals surface area contributed by atoms with Crippen LogP contribution in [0, 0.1) is 0 Å². The van der Waals surface area contributed by atoms with Crippen LogP contribution in [0.4, 0.5) is 36.6 Å². The number of pyridine rings is 1. The highest BCUT2D eigenvalue weighted by atomic mass is 19.4. The SMILES string of the molecule is N/C=C(/C(=O)NC1CCC(Nc2cccc3nc(C(F)(F)F)cn23)CC1)C(=NCC(F)F)C(F)F. The Morgan fingerprint density at radius 1 is 1.17 bits per heavy atom. The van der Waals surface area contributed by atoms with Crippen molar-refractivity contribution in [3.8, 4) is 0 Å². The van der Waals surface area contributed by atoms with Gasteiger partial charge in [0.2, 0.25) is 0 Å². The van der Waals surface area contributed by atoms with Crippen molar-refractivity contribution < 1.29 is 35.5 Å². The van der Waals surface area contributed by atoms with Gasteiger partial charge in [0.15, 0.2) is 5.69 Å². The molecule has 1 saturated carbocycles. The van der Waals surface area contributed by atoms with Gasteiger partial charge in [-0.15, -0.1) is 0 Å². The van der Waals surface area contributed by atoms with Crippen molar-refractivity contribution in [2.75, 3.05) is 11.9 Å². The number of alkyl halides is 7. The Kier molecular flexibility index (Phi) is 8.22. The van der Waals surface area contributed by atoms with Crippen LogP contribution >= 0.6 is 0 Å². The molecule has 192 valence electrons. The minimum absolute atomic E-state index is 0.126. The number of fused-ring (bicyclic) bond motifs is 1. The summed E-state index contributed by atoms with van der Waals surface area (Å²) in [5, 5.41) is 5.75. The van der Waals surface area contributed by atoms with E-state index < -0.39 is 54.5 Å². The summed E-state index contributed by atoms with van der Waals surface area (Å²) in [6.45, 7) is -1.19. The molecule has 14 heteroatoms. The fourth-order valence-corrected chi connectivity index (χ4v) is 3.84. The van der Waals surface area contributed by atoms with Crippen LogP contribution < -0.4 is 16.4 Å². The van der Waals surface area contributed by atoms with E-state index >= 15 is 0 Å². The van der Waals surface area contributed by atoms with E-state index in [-0.39, 0.29) is 11.7 Å². The maximum Gasteiger partial charge on any atom is 0.434 e. The zero-order valence-electron chi connectivity index (χ0n) is 18.2. The normalized spacial score (nSPS) is 20.0. The molecule has 2 aromatic heterocycles. The Labute approximate surface area is 195 Å². The van der Waals surface area contributed by atoms with E-state index in [9.17, 15) is 35.5 Å². The van der Waals surface area contributed by atoms with E-state index in [0.29, 0.717) is 37.7 Å². The summed E-state index contributed by atoms with van der Waals surface area (Å²) in [6, 6.07) is 4.12. The van der Waals surface area contributed by atoms with Crippen LogP contribution in [0.25, 0.3) is 5.65 Å². The molecule has 0 aromatic carbocycles. The third-order valence-corrected chi connectivity index (χ3v) is 5.49. The number of carbonyl (C=O) groups excluding carboxylic acids is 1. The second-order valence-corrected chi connectivity index (χ2v) is 7.93. The molecule has 0 saturated heterocycles. The molecule has 3 rings (SSSR count). The Morgan fingerprint density at radius 2 is 1.83 bits per heavy atom. The quantitative estimate of drug-likeness (QED) is 0.285. The fourth-order valence-electron chi connectivity index (χ4n) is 3.84. The molecule has 0 spiro atoms. The van der Waals surface area contributed by atoms with Crippen molar-refractivity contribution in [1.82, 2.24) is 14.7 Å². The predicted molar refractivity (Wildman–Crippen MR) is 115 cm³/mol. The predicted octanol–water partition coefficient (Wildman–Crippen LogP) is 4.01. The lowest BCUT2D eigenvalue weighted by molar-refractivity contribution is -0.140. The van der Waals surface area contributed by atoms with Crippen LogP contribution in [0.15, 0.2) is 41.2 Å². The van der Waals surface area contributed by atoms with Gasteiger partial charge in [-0.1, -0.05) is 6.07 Å². The topological polar surface area (TPSA) is 96.8 Å². The second-order valence-electron chi connectivity index (χ2n) is 7.93. The molecule has 0 unspecified atom stereocenters. The standard InChI is InChI=1S/C21H23F7N6O/c22-15(23)9-30-18(19(24)25)13(8-29)20(35)32-12-6-4-11(5-7-12)31-16-2-1-3-17-33-14(10-34(16)17)21(26,27)28/h1-3,8,10-12,15,19,31H,4-7,9,29H2,(H,32,35)/b13-8+,30-18?. The summed E-state index contributed by atoms with van der Waals surface area (Å²) in [4.78, 5) is 19.2. The number of nitrogens with zero attached hydrogens (tertiary/aromatic N) is 3. The summed E-state index contributed by atoms with van der Waals surface area (Å²) in [7, 11) is 0. The summed E-state index contributed by atoms with van der Waals surface area (Å²) in [5.41, 5.74) is 2.64. The Morgan fingerprint density at radius 3 is 2.40 bits per heavy atom. The first-order valence-electron chi connectivity index (χ1n) is 10.6. The summed E-state index contributed by atoms with van der Waals surface area (Å²) in [6.07, 6.45) is -7.37. The molecule has 0 bridgehead atoms. The maximum absolute atomic E-state index is 13.2. The van der Waals surface area contributed by atoms with E-state index in [1.165, 1.54) is 10.5 Å². The largest absolute Gasteiger partial charge is 0.434 e. The Balaban J connectivity index is 1.61. The van der Waals surface area contributed by atoms with E-state index in [1.54, 1.807) is 12.1 Å². The minimum Gasteiger partial charge on any atom is -0.404 e. The molecule has 0 radical (unpaired) electrons. The van der Waals surface area contributed by atoms with Crippen molar-refractivity contribution >= 4 is 23.1 Å². The molecule has 1 amide bonds. The van der Waals surface area contributed by atoms with Crippen molar-refractivity contribution in [2.24, 2.45) is 10.7 Å². The average molecular weight is 508 g/mol. The lowest BCUT2D eigenvalue weighted by Crippen LogP contribution is -2.42. The number of aliphatic imine (C=N–C) groups is 1. The van der Waals surface area contributed by atoms with Gasteiger partial charge in [-0.25, -0.2) is 22.5 Å². The van der Waals surface area contributed by atoms with E-state index in [0.717, 1.165) is 6.20 Å². The van der Waals surface area contributed by atoms with Crippen molar-refractivity contribution in [3.63, 3.8) is 0 Å². The molecular weight excluding hydrogens is 485 g/mol. The third-order valence-electron chi connectivity index (χ3n) is 5.49. The number of nitrogens with two attached hydrogens (primary N) is 1. The summed E-state index contributed by atoms with van der Waals surface area (Å²) in [5.74, 6) is -0.525. The number of imidazole rings is 1. The van der Waals surface area contributed by atoms with Gasteiger partial charge < -0.3 is 16.4 Å². The van der Waals surface area contributed by atoms with Gasteiger partial charge in [0.1, 0.15) is 23.7 Å². The molecule has 1 aliphatic rings. The first-order valence-corrected chi connectivity index (χ1v) is 10.6. The van der Waals surface area contributed by atoms with Crippen molar-refractivity contribution in [1.29, 1.82) is 0 Å². The highest BCUT2D eigenvalue weighted by molar-refractivity contribution is 6.22. The maximum atomic E-state index is 13.2. The molecule has 2 aromatic rings. The number of anilines is 1. The minimum atomic E-state index is -4.58. The number of nitrogens with one attached hydrogen (secondary N) is 2. The molecule has 7 nitrogen and oxygen atoms in total. The monoisotopic (exact) mass is 508 g/mol. The number of aromatic nitrogens is 2. The fraction of sp³-hybridized carbons (Fsp3) is 0.476. The molecule has 35 heavy (non-hydrogen) atoms. The van der Waals surface area contributed by atoms with Crippen molar-refractivity contribution in [2.45, 2.75) is 56.8 Å². The summed E-state index contributed by atoms with van der Waals surface area (Å²) >= 11 is 0. The highest BCUT2D eigenvalue weighted by Crippen LogP contribution is 2.30. The highest BCUT2D eigenvalue weighted by Gasteiger charge is 2.34. The van der Waals surface area contributed by atoms with Crippen molar-refractivity contribution in [3.05, 3.63) is 41.9 Å². The molecule has 1 fully saturated rings. The van der Waals surface area contributed by atoms with Gasteiger partial charge in [0.25, 0.3) is 18.8 Å². The van der Waals surface area contributed by atoms with Gasteiger partial charge in [0, 0.05) is 24.5 Å². The Bertz CT molecular complexity index is 1090. The van der Waals surface area contributed by atoms with Crippen LogP contribution in [0.3, 0.4) is 0 Å². The number of halogens is 7. The lowest BCUT2D eigenvalue weighted by Gasteiger charge is -2.30. The smallest absolute Gasteiger partial charge is 0.404 e. The number of amides is 1. The number of rotatable bonds is 8. The van der Waals surface area contributed by atoms with Gasteiger partial charge in [-0.2, -0.15) is 13.2 Å². The van der Waals surface area contributed by atoms with Gasteiger partial charge in [0.05, 0.1) is 5.57 Å². The number of hydrogen-bond donors (Lipinski definition) is 3. The van der Waals surface area contributed by atoms with E-state index in [1.807, 2.05) is 0 Å².